The van der Waals surface area contributed by atoms with Crippen molar-refractivity contribution in [2.45, 2.75) is 6.04 Å². The molecule has 1 heterocycles. The minimum absolute atomic E-state index is 0.0313. The van der Waals surface area contributed by atoms with E-state index >= 15 is 0 Å². The van der Waals surface area contributed by atoms with Gasteiger partial charge in [0, 0.05) is 14.6 Å². The summed E-state index contributed by atoms with van der Waals surface area (Å²) in [5.74, 6) is 0.118. The van der Waals surface area contributed by atoms with Gasteiger partial charge in [0.25, 0.3) is 0 Å². The Kier molecular flexibility index (Phi) is 3.99. The molecule has 21 heavy (non-hydrogen) atoms. The highest BCUT2D eigenvalue weighted by atomic mass is 79.9. The van der Waals surface area contributed by atoms with Crippen LogP contribution in [0.4, 0.5) is 10.1 Å². The zero-order valence-electron chi connectivity index (χ0n) is 10.9. The van der Waals surface area contributed by atoms with Gasteiger partial charge in [0.15, 0.2) is 5.96 Å². The van der Waals surface area contributed by atoms with Crippen LogP contribution in [-0.4, -0.2) is 12.5 Å². The third-order valence-corrected chi connectivity index (χ3v) is 5.28. The largest absolute Gasteiger partial charge is 0.369 e. The number of hydrogen-bond acceptors (Lipinski definition) is 3. The number of anilines is 1. The Bertz CT molecular complexity index is 718. The van der Waals surface area contributed by atoms with Crippen LogP contribution in [0.25, 0.3) is 0 Å². The summed E-state index contributed by atoms with van der Waals surface area (Å²) in [6.07, 6.45) is 0. The summed E-state index contributed by atoms with van der Waals surface area (Å²) in [5.41, 5.74) is 7.76. The van der Waals surface area contributed by atoms with Gasteiger partial charge in [-0.2, -0.15) is 0 Å². The van der Waals surface area contributed by atoms with E-state index in [1.165, 1.54) is 12.1 Å². The molecule has 3 nitrogen and oxygen atoms in total. The van der Waals surface area contributed by atoms with Gasteiger partial charge in [0.2, 0.25) is 0 Å². The fraction of sp³-hybridized carbons (Fsp3) is 0.133. The minimum atomic E-state index is -0.289. The van der Waals surface area contributed by atoms with Crippen molar-refractivity contribution in [3.05, 3.63) is 62.8 Å². The van der Waals surface area contributed by atoms with Crippen molar-refractivity contribution < 1.29 is 4.39 Å². The van der Waals surface area contributed by atoms with Crippen molar-refractivity contribution in [1.82, 2.24) is 0 Å². The van der Waals surface area contributed by atoms with Crippen molar-refractivity contribution in [3.8, 4) is 0 Å². The smallest absolute Gasteiger partial charge is 0.196 e. The predicted octanol–water partition coefficient (Wildman–Crippen LogP) is 4.23. The van der Waals surface area contributed by atoms with Gasteiger partial charge in [0.1, 0.15) is 5.82 Å². The third-order valence-electron chi connectivity index (χ3n) is 3.40. The van der Waals surface area contributed by atoms with Crippen LogP contribution in [0.2, 0.25) is 0 Å². The first-order valence-electron chi connectivity index (χ1n) is 6.36. The van der Waals surface area contributed by atoms with Crippen LogP contribution in [0, 0.1) is 5.82 Å². The highest BCUT2D eigenvalue weighted by molar-refractivity contribution is 9.13. The molecular formula is C15H12Br2FN3. The molecule has 0 fully saturated rings. The van der Waals surface area contributed by atoms with E-state index in [2.05, 4.69) is 36.9 Å². The molecular weight excluding hydrogens is 401 g/mol. The SMILES string of the molecule is NC1=NCC(c2ccc(Br)c(Br)c2)N1c1cccc(F)c1. The molecule has 108 valence electrons. The zero-order valence-corrected chi connectivity index (χ0v) is 14.1. The van der Waals surface area contributed by atoms with Crippen LogP contribution >= 0.6 is 31.9 Å². The van der Waals surface area contributed by atoms with Gasteiger partial charge >= 0.3 is 0 Å². The summed E-state index contributed by atoms with van der Waals surface area (Å²) in [5, 5.41) is 0. The Morgan fingerprint density at radius 1 is 1.14 bits per heavy atom. The molecule has 2 N–H and O–H groups in total. The number of hydrogen-bond donors (Lipinski definition) is 1. The van der Waals surface area contributed by atoms with Crippen molar-refractivity contribution in [1.29, 1.82) is 0 Å². The molecule has 0 amide bonds. The Balaban J connectivity index is 2.00. The molecule has 2 aromatic rings. The summed E-state index contributed by atoms with van der Waals surface area (Å²) in [4.78, 5) is 6.16. The first kappa shape index (κ1) is 14.5. The molecule has 1 aliphatic rings. The second-order valence-electron chi connectivity index (χ2n) is 4.74. The van der Waals surface area contributed by atoms with Gasteiger partial charge in [-0.1, -0.05) is 12.1 Å². The third kappa shape index (κ3) is 2.82. The Labute approximate surface area is 138 Å². The minimum Gasteiger partial charge on any atom is -0.369 e. The summed E-state index contributed by atoms with van der Waals surface area (Å²) < 4.78 is 15.4. The Morgan fingerprint density at radius 2 is 1.95 bits per heavy atom. The average Bonchev–Trinajstić information content (AvgIpc) is 2.84. The normalized spacial score (nSPS) is 18.0. The molecule has 0 aromatic heterocycles. The number of nitrogens with two attached hydrogens (primary N) is 1. The lowest BCUT2D eigenvalue weighted by molar-refractivity contribution is 0.626. The number of halogens is 3. The summed E-state index contributed by atoms with van der Waals surface area (Å²) >= 11 is 6.96. The number of guanidine groups is 1. The van der Waals surface area contributed by atoms with Gasteiger partial charge in [-0.3, -0.25) is 4.99 Å². The van der Waals surface area contributed by atoms with E-state index in [9.17, 15) is 4.39 Å². The standard InChI is InChI=1S/C15H12Br2FN3/c16-12-5-4-9(6-13(12)17)14-8-20-15(19)21(14)11-3-1-2-10(18)7-11/h1-7,14H,8H2,(H2,19,20). The van der Waals surface area contributed by atoms with Gasteiger partial charge in [-0.25, -0.2) is 4.39 Å². The molecule has 0 aliphatic carbocycles. The molecule has 1 aliphatic heterocycles. The molecule has 0 spiro atoms. The topological polar surface area (TPSA) is 41.6 Å². The molecule has 0 bridgehead atoms. The summed E-state index contributed by atoms with van der Waals surface area (Å²) in [6, 6.07) is 12.4. The number of benzene rings is 2. The molecule has 0 radical (unpaired) electrons. The van der Waals surface area contributed by atoms with Crippen LogP contribution < -0.4 is 10.6 Å². The van der Waals surface area contributed by atoms with E-state index in [-0.39, 0.29) is 11.9 Å². The van der Waals surface area contributed by atoms with Crippen molar-refractivity contribution >= 4 is 43.5 Å². The van der Waals surface area contributed by atoms with E-state index < -0.39 is 0 Å². The molecule has 1 atom stereocenters. The van der Waals surface area contributed by atoms with Crippen LogP contribution in [-0.2, 0) is 0 Å². The maximum absolute atomic E-state index is 13.5. The maximum Gasteiger partial charge on any atom is 0.196 e. The number of aliphatic imine (C=N–C) groups is 1. The lowest BCUT2D eigenvalue weighted by Crippen LogP contribution is -2.36. The molecule has 0 saturated carbocycles. The van der Waals surface area contributed by atoms with E-state index in [1.807, 2.05) is 29.2 Å². The number of rotatable bonds is 2. The van der Waals surface area contributed by atoms with Gasteiger partial charge in [-0.05, 0) is 67.8 Å². The maximum atomic E-state index is 13.5. The van der Waals surface area contributed by atoms with Gasteiger partial charge < -0.3 is 10.6 Å². The summed E-state index contributed by atoms with van der Waals surface area (Å²) in [6.45, 7) is 0.552. The highest BCUT2D eigenvalue weighted by Gasteiger charge is 2.29. The first-order chi connectivity index (χ1) is 10.1. The van der Waals surface area contributed by atoms with E-state index in [4.69, 9.17) is 5.73 Å². The molecule has 1 unspecified atom stereocenters. The van der Waals surface area contributed by atoms with Crippen LogP contribution in [0.15, 0.2) is 56.4 Å². The van der Waals surface area contributed by atoms with Gasteiger partial charge in [-0.15, -0.1) is 0 Å². The Morgan fingerprint density at radius 3 is 2.67 bits per heavy atom. The Hall–Kier alpha value is -1.40. The molecule has 0 saturated heterocycles. The molecule has 3 rings (SSSR count). The number of nitrogens with zero attached hydrogens (tertiary/aromatic N) is 2. The van der Waals surface area contributed by atoms with E-state index in [1.54, 1.807) is 6.07 Å². The fourth-order valence-electron chi connectivity index (χ4n) is 2.41. The average molecular weight is 413 g/mol. The van der Waals surface area contributed by atoms with Crippen LogP contribution in [0.3, 0.4) is 0 Å². The van der Waals surface area contributed by atoms with E-state index in [0.717, 1.165) is 14.5 Å². The second-order valence-corrected chi connectivity index (χ2v) is 6.45. The van der Waals surface area contributed by atoms with Gasteiger partial charge in [0.05, 0.1) is 12.6 Å². The highest BCUT2D eigenvalue weighted by Crippen LogP contribution is 2.34. The predicted molar refractivity (Wildman–Crippen MR) is 90.0 cm³/mol. The van der Waals surface area contributed by atoms with Crippen LogP contribution in [0.5, 0.6) is 0 Å². The first-order valence-corrected chi connectivity index (χ1v) is 7.94. The van der Waals surface area contributed by atoms with Crippen molar-refractivity contribution in [3.63, 3.8) is 0 Å². The van der Waals surface area contributed by atoms with Crippen molar-refractivity contribution in [2.75, 3.05) is 11.4 Å². The summed E-state index contributed by atoms with van der Waals surface area (Å²) in [7, 11) is 0. The van der Waals surface area contributed by atoms with Crippen LogP contribution in [0.1, 0.15) is 11.6 Å². The second kappa shape index (κ2) is 5.77. The molecule has 6 heteroatoms. The monoisotopic (exact) mass is 411 g/mol. The lowest BCUT2D eigenvalue weighted by atomic mass is 10.1. The lowest BCUT2D eigenvalue weighted by Gasteiger charge is -2.27. The zero-order chi connectivity index (χ0) is 15.0. The van der Waals surface area contributed by atoms with Crippen molar-refractivity contribution in [2.24, 2.45) is 10.7 Å². The fourth-order valence-corrected chi connectivity index (χ4v) is 3.05. The quantitative estimate of drug-likeness (QED) is 0.801. The molecule has 2 aromatic carbocycles. The van der Waals surface area contributed by atoms with E-state index in [0.29, 0.717) is 18.2 Å².